The summed E-state index contributed by atoms with van der Waals surface area (Å²) in [4.78, 5) is 0. The highest BCUT2D eigenvalue weighted by atomic mass is 14.9. The zero-order valence-corrected chi connectivity index (χ0v) is 9.42. The van der Waals surface area contributed by atoms with Gasteiger partial charge in [-0.25, -0.2) is 0 Å². The van der Waals surface area contributed by atoms with Crippen molar-refractivity contribution in [3.05, 3.63) is 29.3 Å². The summed E-state index contributed by atoms with van der Waals surface area (Å²) < 4.78 is 0. The number of nitrogens with two attached hydrogens (primary N) is 1. The molecule has 2 heteroatoms. The van der Waals surface area contributed by atoms with Gasteiger partial charge in [-0.2, -0.15) is 0 Å². The second-order valence-corrected chi connectivity index (χ2v) is 4.54. The molecule has 82 valence electrons. The van der Waals surface area contributed by atoms with Crippen LogP contribution in [-0.2, 0) is 6.42 Å². The fourth-order valence-electron chi connectivity index (χ4n) is 2.20. The van der Waals surface area contributed by atoms with Gasteiger partial charge in [0.05, 0.1) is 0 Å². The van der Waals surface area contributed by atoms with Gasteiger partial charge in [0.25, 0.3) is 0 Å². The van der Waals surface area contributed by atoms with Gasteiger partial charge in [-0.05, 0) is 49.9 Å². The van der Waals surface area contributed by atoms with E-state index in [1.54, 1.807) is 0 Å². The van der Waals surface area contributed by atoms with Crippen LogP contribution in [0.1, 0.15) is 30.4 Å². The Hall–Kier alpha value is -1.02. The van der Waals surface area contributed by atoms with Crippen molar-refractivity contribution >= 4 is 5.69 Å². The minimum atomic E-state index is 0.654. The lowest BCUT2D eigenvalue weighted by molar-refractivity contribution is 0.399. The Morgan fingerprint density at radius 2 is 2.27 bits per heavy atom. The second-order valence-electron chi connectivity index (χ2n) is 4.54. The van der Waals surface area contributed by atoms with Crippen LogP contribution >= 0.6 is 0 Å². The number of aryl methyl sites for hydroxylation is 1. The van der Waals surface area contributed by atoms with Crippen LogP contribution in [-0.4, -0.2) is 12.6 Å². The average molecular weight is 204 g/mol. The van der Waals surface area contributed by atoms with E-state index < -0.39 is 0 Å². The molecule has 15 heavy (non-hydrogen) atoms. The van der Waals surface area contributed by atoms with Crippen LogP contribution in [0.15, 0.2) is 18.2 Å². The maximum atomic E-state index is 5.91. The summed E-state index contributed by atoms with van der Waals surface area (Å²) in [5.74, 6) is 0. The number of benzene rings is 1. The van der Waals surface area contributed by atoms with E-state index in [1.165, 1.54) is 36.9 Å². The van der Waals surface area contributed by atoms with Gasteiger partial charge in [0.15, 0.2) is 0 Å². The lowest BCUT2D eigenvalue weighted by Gasteiger charge is -2.23. The van der Waals surface area contributed by atoms with Crippen molar-refractivity contribution < 1.29 is 0 Å². The first kappa shape index (κ1) is 10.5. The van der Waals surface area contributed by atoms with Gasteiger partial charge >= 0.3 is 0 Å². The maximum absolute atomic E-state index is 5.91. The molecule has 0 bridgehead atoms. The molecule has 1 aliphatic rings. The van der Waals surface area contributed by atoms with Gasteiger partial charge in [0.2, 0.25) is 0 Å². The average Bonchev–Trinajstić information content (AvgIpc) is 2.25. The molecule has 0 spiro atoms. The predicted octanol–water partition coefficient (Wildman–Crippen LogP) is 2.26. The predicted molar refractivity (Wildman–Crippen MR) is 64.9 cm³/mol. The third-order valence-electron chi connectivity index (χ3n) is 3.24. The summed E-state index contributed by atoms with van der Waals surface area (Å²) in [6, 6.07) is 7.09. The Labute approximate surface area is 91.9 Å². The van der Waals surface area contributed by atoms with Crippen molar-refractivity contribution in [1.29, 1.82) is 0 Å². The number of hydrogen-bond acceptors (Lipinski definition) is 2. The van der Waals surface area contributed by atoms with Crippen molar-refractivity contribution in [3.63, 3.8) is 0 Å². The van der Waals surface area contributed by atoms with Crippen LogP contribution < -0.4 is 11.1 Å². The molecule has 1 unspecified atom stereocenters. The van der Waals surface area contributed by atoms with Crippen LogP contribution in [0.25, 0.3) is 0 Å². The highest BCUT2D eigenvalue weighted by Crippen LogP contribution is 2.17. The molecule has 0 amide bonds. The molecule has 3 N–H and O–H groups in total. The molecule has 1 saturated heterocycles. The van der Waals surface area contributed by atoms with Gasteiger partial charge < -0.3 is 11.1 Å². The van der Waals surface area contributed by atoms with Crippen molar-refractivity contribution in [1.82, 2.24) is 5.32 Å². The molecule has 1 aromatic rings. The van der Waals surface area contributed by atoms with E-state index >= 15 is 0 Å². The van der Waals surface area contributed by atoms with Gasteiger partial charge in [0.1, 0.15) is 0 Å². The summed E-state index contributed by atoms with van der Waals surface area (Å²) in [6.07, 6.45) is 5.10. The first-order valence-electron chi connectivity index (χ1n) is 5.84. The summed E-state index contributed by atoms with van der Waals surface area (Å²) in [5, 5.41) is 3.56. The summed E-state index contributed by atoms with van der Waals surface area (Å²) in [6.45, 7) is 3.23. The normalized spacial score (nSPS) is 21.5. The molecule has 2 rings (SSSR count). The van der Waals surface area contributed by atoms with Crippen LogP contribution in [0, 0.1) is 6.92 Å². The number of anilines is 1. The quantitative estimate of drug-likeness (QED) is 0.725. The molecule has 0 aromatic heterocycles. The van der Waals surface area contributed by atoms with E-state index in [2.05, 4.69) is 30.4 Å². The Bertz CT molecular complexity index is 327. The van der Waals surface area contributed by atoms with Crippen molar-refractivity contribution in [2.45, 2.75) is 38.6 Å². The molecule has 1 atom stereocenters. The number of nitrogens with one attached hydrogen (secondary N) is 1. The van der Waals surface area contributed by atoms with E-state index in [1.807, 2.05) is 0 Å². The first-order chi connectivity index (χ1) is 7.25. The van der Waals surface area contributed by atoms with Crippen molar-refractivity contribution in [2.24, 2.45) is 0 Å². The topological polar surface area (TPSA) is 38.0 Å². The molecule has 2 nitrogen and oxygen atoms in total. The van der Waals surface area contributed by atoms with Crippen LogP contribution in [0.4, 0.5) is 5.69 Å². The Balaban J connectivity index is 2.00. The lowest BCUT2D eigenvalue weighted by Crippen LogP contribution is -2.35. The van der Waals surface area contributed by atoms with Crippen LogP contribution in [0.3, 0.4) is 0 Å². The molecular formula is C13H20N2. The molecule has 1 fully saturated rings. The van der Waals surface area contributed by atoms with Crippen molar-refractivity contribution in [2.75, 3.05) is 12.3 Å². The van der Waals surface area contributed by atoms with Gasteiger partial charge in [-0.1, -0.05) is 18.6 Å². The second kappa shape index (κ2) is 4.67. The standard InChI is InChI=1S/C13H20N2/c1-10-5-6-11(9-13(10)14)8-12-4-2-3-7-15-12/h5-6,9,12,15H,2-4,7-8,14H2,1H3. The third-order valence-corrected chi connectivity index (χ3v) is 3.24. The summed E-state index contributed by atoms with van der Waals surface area (Å²) >= 11 is 0. The highest BCUT2D eigenvalue weighted by molar-refractivity contribution is 5.48. The number of piperidine rings is 1. The molecule has 1 aromatic carbocycles. The zero-order chi connectivity index (χ0) is 10.7. The van der Waals surface area contributed by atoms with Crippen molar-refractivity contribution in [3.8, 4) is 0 Å². The highest BCUT2D eigenvalue weighted by Gasteiger charge is 2.12. The lowest BCUT2D eigenvalue weighted by atomic mass is 9.97. The molecule has 0 saturated carbocycles. The van der Waals surface area contributed by atoms with Gasteiger partial charge in [-0.3, -0.25) is 0 Å². The first-order valence-corrected chi connectivity index (χ1v) is 5.84. The fourth-order valence-corrected chi connectivity index (χ4v) is 2.20. The van der Waals surface area contributed by atoms with E-state index in [0.717, 1.165) is 12.1 Å². The largest absolute Gasteiger partial charge is 0.399 e. The SMILES string of the molecule is Cc1ccc(CC2CCCCN2)cc1N. The molecule has 1 aliphatic heterocycles. The van der Waals surface area contributed by atoms with E-state index in [9.17, 15) is 0 Å². The van der Waals surface area contributed by atoms with Crippen LogP contribution in [0.5, 0.6) is 0 Å². The van der Waals surface area contributed by atoms with Gasteiger partial charge in [-0.15, -0.1) is 0 Å². The Morgan fingerprint density at radius 3 is 2.93 bits per heavy atom. The summed E-state index contributed by atoms with van der Waals surface area (Å²) in [5.41, 5.74) is 9.36. The number of nitrogen functional groups attached to an aromatic ring is 1. The van der Waals surface area contributed by atoms with Gasteiger partial charge in [0, 0.05) is 11.7 Å². The van der Waals surface area contributed by atoms with E-state index in [0.29, 0.717) is 6.04 Å². The molecule has 0 radical (unpaired) electrons. The third kappa shape index (κ3) is 2.72. The molecular weight excluding hydrogens is 184 g/mol. The fraction of sp³-hybridized carbons (Fsp3) is 0.538. The van der Waals surface area contributed by atoms with Crippen LogP contribution in [0.2, 0.25) is 0 Å². The zero-order valence-electron chi connectivity index (χ0n) is 9.42. The Kier molecular flexibility index (Phi) is 3.27. The molecule has 1 heterocycles. The monoisotopic (exact) mass is 204 g/mol. The minimum absolute atomic E-state index is 0.654. The minimum Gasteiger partial charge on any atom is -0.399 e. The molecule has 0 aliphatic carbocycles. The summed E-state index contributed by atoms with van der Waals surface area (Å²) in [7, 11) is 0. The number of hydrogen-bond donors (Lipinski definition) is 2. The van der Waals surface area contributed by atoms with E-state index in [-0.39, 0.29) is 0 Å². The number of rotatable bonds is 2. The smallest absolute Gasteiger partial charge is 0.0346 e. The van der Waals surface area contributed by atoms with E-state index in [4.69, 9.17) is 5.73 Å². The maximum Gasteiger partial charge on any atom is 0.0346 e. The Morgan fingerprint density at radius 1 is 1.40 bits per heavy atom.